The fourth-order valence-corrected chi connectivity index (χ4v) is 4.44. The second-order valence-electron chi connectivity index (χ2n) is 6.56. The number of carbonyl (C=O) groups excluding carboxylic acids is 1. The summed E-state index contributed by atoms with van der Waals surface area (Å²) in [6, 6.07) is 17.1. The number of rotatable bonds is 6. The van der Waals surface area contributed by atoms with Crippen LogP contribution in [-0.4, -0.2) is 56.7 Å². The van der Waals surface area contributed by atoms with Crippen LogP contribution in [0.3, 0.4) is 0 Å². The second-order valence-corrected chi connectivity index (χ2v) is 8.65. The molecule has 2 aromatic carbocycles. The van der Waals surface area contributed by atoms with Crippen LogP contribution in [0.15, 0.2) is 54.6 Å². The van der Waals surface area contributed by atoms with Gasteiger partial charge >= 0.3 is 0 Å². The van der Waals surface area contributed by atoms with E-state index in [1.165, 1.54) is 4.31 Å². The first-order valence-electron chi connectivity index (χ1n) is 8.99. The van der Waals surface area contributed by atoms with Crippen LogP contribution in [0.5, 0.6) is 0 Å². The number of ether oxygens (including phenoxy) is 1. The van der Waals surface area contributed by atoms with Crippen molar-refractivity contribution in [3.05, 3.63) is 60.2 Å². The molecule has 1 N–H and O–H groups in total. The van der Waals surface area contributed by atoms with Gasteiger partial charge < -0.3 is 10.1 Å². The van der Waals surface area contributed by atoms with Gasteiger partial charge in [-0.25, -0.2) is 8.42 Å². The summed E-state index contributed by atoms with van der Waals surface area (Å²) < 4.78 is 31.6. The summed E-state index contributed by atoms with van der Waals surface area (Å²) in [6.07, 6.45) is -0.108. The van der Waals surface area contributed by atoms with Crippen LogP contribution in [0, 0.1) is 0 Å². The van der Waals surface area contributed by atoms with Crippen LogP contribution in [0.4, 0.5) is 0 Å². The van der Waals surface area contributed by atoms with Crippen LogP contribution in [-0.2, 0) is 14.8 Å². The van der Waals surface area contributed by atoms with Gasteiger partial charge in [0.2, 0.25) is 10.0 Å². The molecule has 0 aliphatic carbocycles. The van der Waals surface area contributed by atoms with Crippen LogP contribution < -0.4 is 5.32 Å². The van der Waals surface area contributed by atoms with Gasteiger partial charge in [-0.15, -0.1) is 0 Å². The first-order chi connectivity index (χ1) is 13.0. The highest BCUT2D eigenvalue weighted by Gasteiger charge is 2.27. The van der Waals surface area contributed by atoms with Crippen molar-refractivity contribution in [1.82, 2.24) is 9.62 Å². The lowest BCUT2D eigenvalue weighted by atomic mass is 10.0. The molecule has 1 amide bonds. The molecule has 1 saturated heterocycles. The second kappa shape index (κ2) is 8.65. The maximum absolute atomic E-state index is 12.4. The highest BCUT2D eigenvalue weighted by Crippen LogP contribution is 2.20. The van der Waals surface area contributed by atoms with Crippen LogP contribution >= 0.6 is 0 Å². The standard InChI is InChI=1S/C20H24N2O4S/c1-16-15-22(11-12-26-16)27(24,25)13-10-21-20(23)19-9-5-8-18(14-19)17-6-3-2-4-7-17/h2-9,14,16H,10-13,15H2,1H3,(H,21,23). The molecule has 3 rings (SSSR count). The average Bonchev–Trinajstić information content (AvgIpc) is 2.68. The Hall–Kier alpha value is -2.22. The Morgan fingerprint density at radius 3 is 2.63 bits per heavy atom. The quantitative estimate of drug-likeness (QED) is 0.823. The molecule has 1 unspecified atom stereocenters. The van der Waals surface area contributed by atoms with E-state index in [1.807, 2.05) is 55.5 Å². The van der Waals surface area contributed by atoms with Crippen molar-refractivity contribution in [2.24, 2.45) is 0 Å². The van der Waals surface area contributed by atoms with Crippen molar-refractivity contribution in [2.45, 2.75) is 13.0 Å². The number of morpholine rings is 1. The van der Waals surface area contributed by atoms with E-state index in [1.54, 1.807) is 6.07 Å². The Kier molecular flexibility index (Phi) is 6.26. The molecule has 27 heavy (non-hydrogen) atoms. The zero-order chi connectivity index (χ0) is 19.3. The van der Waals surface area contributed by atoms with Crippen molar-refractivity contribution >= 4 is 15.9 Å². The molecule has 0 spiro atoms. The zero-order valence-electron chi connectivity index (χ0n) is 15.3. The van der Waals surface area contributed by atoms with Crippen molar-refractivity contribution in [1.29, 1.82) is 0 Å². The minimum absolute atomic E-state index is 0.0719. The lowest BCUT2D eigenvalue weighted by Gasteiger charge is -2.30. The van der Waals surface area contributed by atoms with Gasteiger partial charge in [0.15, 0.2) is 0 Å². The Morgan fingerprint density at radius 2 is 1.89 bits per heavy atom. The van der Waals surface area contributed by atoms with Crippen molar-refractivity contribution in [3.63, 3.8) is 0 Å². The Morgan fingerprint density at radius 1 is 1.15 bits per heavy atom. The molecular formula is C20H24N2O4S. The maximum Gasteiger partial charge on any atom is 0.251 e. The van der Waals surface area contributed by atoms with E-state index in [4.69, 9.17) is 4.74 Å². The van der Waals surface area contributed by atoms with Gasteiger partial charge in [-0.3, -0.25) is 4.79 Å². The number of hydrogen-bond acceptors (Lipinski definition) is 4. The highest BCUT2D eigenvalue weighted by atomic mass is 32.2. The van der Waals surface area contributed by atoms with E-state index in [0.29, 0.717) is 25.3 Å². The Balaban J connectivity index is 1.58. The first-order valence-corrected chi connectivity index (χ1v) is 10.6. The minimum atomic E-state index is -3.41. The lowest BCUT2D eigenvalue weighted by molar-refractivity contribution is 0.0102. The normalized spacial score (nSPS) is 18.2. The molecule has 0 aromatic heterocycles. The Labute approximate surface area is 160 Å². The minimum Gasteiger partial charge on any atom is -0.376 e. The summed E-state index contributed by atoms with van der Waals surface area (Å²) >= 11 is 0. The average molecular weight is 388 g/mol. The van der Waals surface area contributed by atoms with Gasteiger partial charge in [0, 0.05) is 25.2 Å². The fraction of sp³-hybridized carbons (Fsp3) is 0.350. The van der Waals surface area contributed by atoms with Crippen molar-refractivity contribution < 1.29 is 17.9 Å². The van der Waals surface area contributed by atoms with E-state index >= 15 is 0 Å². The molecule has 1 aliphatic heterocycles. The highest BCUT2D eigenvalue weighted by molar-refractivity contribution is 7.89. The number of hydrogen-bond donors (Lipinski definition) is 1. The molecule has 0 radical (unpaired) electrons. The summed E-state index contributed by atoms with van der Waals surface area (Å²) in [5, 5.41) is 2.71. The SMILES string of the molecule is CC1CN(S(=O)(=O)CCNC(=O)c2cccc(-c3ccccc3)c2)CCO1. The number of sulfonamides is 1. The predicted octanol–water partition coefficient (Wildman–Crippen LogP) is 2.13. The molecule has 1 heterocycles. The third kappa shape index (κ3) is 5.15. The molecule has 0 saturated carbocycles. The molecule has 6 nitrogen and oxygen atoms in total. The zero-order valence-corrected chi connectivity index (χ0v) is 16.1. The smallest absolute Gasteiger partial charge is 0.251 e. The van der Waals surface area contributed by atoms with Crippen LogP contribution in [0.25, 0.3) is 11.1 Å². The van der Waals surface area contributed by atoms with Gasteiger partial charge in [0.1, 0.15) is 0 Å². The van der Waals surface area contributed by atoms with Gasteiger partial charge in [0.05, 0.1) is 18.5 Å². The summed E-state index contributed by atoms with van der Waals surface area (Å²) in [6.45, 7) is 3.04. The molecule has 1 aliphatic rings. The van der Waals surface area contributed by atoms with Gasteiger partial charge in [-0.05, 0) is 30.2 Å². The summed E-state index contributed by atoms with van der Waals surface area (Å²) in [4.78, 5) is 12.4. The molecule has 1 fully saturated rings. The number of benzene rings is 2. The molecular weight excluding hydrogens is 364 g/mol. The van der Waals surface area contributed by atoms with E-state index in [0.717, 1.165) is 11.1 Å². The molecule has 2 aromatic rings. The van der Waals surface area contributed by atoms with E-state index in [-0.39, 0.29) is 24.3 Å². The van der Waals surface area contributed by atoms with E-state index in [9.17, 15) is 13.2 Å². The van der Waals surface area contributed by atoms with Crippen LogP contribution in [0.2, 0.25) is 0 Å². The maximum atomic E-state index is 12.4. The third-order valence-corrected chi connectivity index (χ3v) is 6.31. The summed E-state index contributed by atoms with van der Waals surface area (Å²) in [7, 11) is -3.41. The molecule has 1 atom stereocenters. The molecule has 0 bridgehead atoms. The monoisotopic (exact) mass is 388 g/mol. The fourth-order valence-electron chi connectivity index (χ4n) is 3.03. The van der Waals surface area contributed by atoms with Crippen molar-refractivity contribution in [2.75, 3.05) is 32.0 Å². The van der Waals surface area contributed by atoms with Crippen molar-refractivity contribution in [3.8, 4) is 11.1 Å². The van der Waals surface area contributed by atoms with Crippen LogP contribution in [0.1, 0.15) is 17.3 Å². The van der Waals surface area contributed by atoms with E-state index < -0.39 is 10.0 Å². The van der Waals surface area contributed by atoms with Gasteiger partial charge in [-0.2, -0.15) is 4.31 Å². The largest absolute Gasteiger partial charge is 0.376 e. The lowest BCUT2D eigenvalue weighted by Crippen LogP contribution is -2.46. The number of amides is 1. The van der Waals surface area contributed by atoms with Gasteiger partial charge in [-0.1, -0.05) is 42.5 Å². The third-order valence-electron chi connectivity index (χ3n) is 4.47. The molecule has 144 valence electrons. The molecule has 7 heteroatoms. The topological polar surface area (TPSA) is 75.7 Å². The van der Waals surface area contributed by atoms with E-state index in [2.05, 4.69) is 5.32 Å². The Bertz CT molecular complexity index is 884. The number of nitrogens with zero attached hydrogens (tertiary/aromatic N) is 1. The first kappa shape index (κ1) is 19.5. The predicted molar refractivity (Wildman–Crippen MR) is 105 cm³/mol. The summed E-state index contributed by atoms with van der Waals surface area (Å²) in [5.74, 6) is -0.401. The summed E-state index contributed by atoms with van der Waals surface area (Å²) in [5.41, 5.74) is 2.48. The number of nitrogens with one attached hydrogen (secondary N) is 1. The number of carbonyl (C=O) groups is 1. The van der Waals surface area contributed by atoms with Gasteiger partial charge in [0.25, 0.3) is 5.91 Å².